The van der Waals surface area contributed by atoms with Gasteiger partial charge in [-0.3, -0.25) is 14.5 Å². The van der Waals surface area contributed by atoms with E-state index in [1.54, 1.807) is 7.11 Å². The molecule has 7 heteroatoms. The highest BCUT2D eigenvalue weighted by atomic mass is 16.5. The molecule has 7 nitrogen and oxygen atoms in total. The van der Waals surface area contributed by atoms with E-state index >= 15 is 0 Å². The molecule has 2 atom stereocenters. The number of hydrogen-bond acceptors (Lipinski definition) is 5. The molecular weight excluding hydrogens is 418 g/mol. The van der Waals surface area contributed by atoms with Crippen molar-refractivity contribution < 1.29 is 19.4 Å². The number of carbonyl (C=O) groups is 2. The lowest BCUT2D eigenvalue weighted by Crippen LogP contribution is -2.75. The Morgan fingerprint density at radius 1 is 1.12 bits per heavy atom. The third-order valence-electron chi connectivity index (χ3n) is 7.62. The van der Waals surface area contributed by atoms with Crippen LogP contribution in [0.2, 0.25) is 0 Å². The highest BCUT2D eigenvalue weighted by Gasteiger charge is 2.55. The second-order valence-electron chi connectivity index (χ2n) is 9.52. The fourth-order valence-corrected chi connectivity index (χ4v) is 5.32. The third kappa shape index (κ3) is 5.35. The standard InChI is InChI=1S/C26H41N3O4/c1-5-8-15-29-24(31)22(23(30)20(6-2)7-3)27-25(32)26(29)13-16-28(17-14-26)18-19-9-11-21(33-4)12-10-19/h9-12,20,22-23,30H,5-8,13-18H2,1-4H3,(H,27,32)/t22-,23-/m1/s1. The van der Waals surface area contributed by atoms with Crippen LogP contribution in [0.5, 0.6) is 5.75 Å². The molecule has 2 amide bonds. The van der Waals surface area contributed by atoms with Gasteiger partial charge in [0.05, 0.1) is 13.2 Å². The first-order valence-corrected chi connectivity index (χ1v) is 12.6. The van der Waals surface area contributed by atoms with Crippen molar-refractivity contribution >= 4 is 11.8 Å². The Morgan fingerprint density at radius 3 is 2.30 bits per heavy atom. The molecule has 0 bridgehead atoms. The van der Waals surface area contributed by atoms with Gasteiger partial charge in [-0.2, -0.15) is 0 Å². The molecule has 1 spiro atoms. The quantitative estimate of drug-likeness (QED) is 0.562. The Bertz CT molecular complexity index is 785. The maximum Gasteiger partial charge on any atom is 0.248 e. The summed E-state index contributed by atoms with van der Waals surface area (Å²) >= 11 is 0. The van der Waals surface area contributed by atoms with E-state index in [0.29, 0.717) is 19.4 Å². The van der Waals surface area contributed by atoms with Crippen LogP contribution in [0.25, 0.3) is 0 Å². The normalized spacial score (nSPS) is 22.0. The minimum atomic E-state index is -0.854. The minimum Gasteiger partial charge on any atom is -0.497 e. The van der Waals surface area contributed by atoms with Crippen LogP contribution in [-0.2, 0) is 16.1 Å². The summed E-state index contributed by atoms with van der Waals surface area (Å²) in [5.41, 5.74) is 0.388. The first-order valence-electron chi connectivity index (χ1n) is 12.6. The summed E-state index contributed by atoms with van der Waals surface area (Å²) in [7, 11) is 1.66. The predicted molar refractivity (Wildman–Crippen MR) is 129 cm³/mol. The maximum absolute atomic E-state index is 13.6. The predicted octanol–water partition coefficient (Wildman–Crippen LogP) is 2.95. The van der Waals surface area contributed by atoms with Crippen LogP contribution in [0.15, 0.2) is 24.3 Å². The molecule has 0 aromatic heterocycles. The van der Waals surface area contributed by atoms with Crippen molar-refractivity contribution in [3.8, 4) is 5.75 Å². The van der Waals surface area contributed by atoms with Gasteiger partial charge in [0, 0.05) is 26.2 Å². The van der Waals surface area contributed by atoms with Crippen molar-refractivity contribution in [1.29, 1.82) is 0 Å². The fraction of sp³-hybridized carbons (Fsp3) is 0.692. The number of nitrogens with zero attached hydrogens (tertiary/aromatic N) is 2. The van der Waals surface area contributed by atoms with E-state index in [9.17, 15) is 14.7 Å². The molecule has 0 saturated carbocycles. The van der Waals surface area contributed by atoms with Crippen molar-refractivity contribution in [2.45, 2.75) is 83.5 Å². The highest BCUT2D eigenvalue weighted by Crippen LogP contribution is 2.35. The zero-order valence-corrected chi connectivity index (χ0v) is 20.7. The maximum atomic E-state index is 13.6. The van der Waals surface area contributed by atoms with Crippen LogP contribution in [-0.4, -0.2) is 71.1 Å². The van der Waals surface area contributed by atoms with Gasteiger partial charge in [0.25, 0.3) is 0 Å². The van der Waals surface area contributed by atoms with Gasteiger partial charge in [-0.1, -0.05) is 52.2 Å². The van der Waals surface area contributed by atoms with Gasteiger partial charge >= 0.3 is 0 Å². The van der Waals surface area contributed by atoms with Gasteiger partial charge in [0.1, 0.15) is 17.3 Å². The molecule has 2 N–H and O–H groups in total. The molecule has 2 heterocycles. The summed E-state index contributed by atoms with van der Waals surface area (Å²) in [6.07, 6.45) is 3.72. The van der Waals surface area contributed by atoms with Crippen LogP contribution in [0.4, 0.5) is 0 Å². The van der Waals surface area contributed by atoms with Gasteiger partial charge in [-0.05, 0) is 42.9 Å². The van der Waals surface area contributed by atoms with E-state index < -0.39 is 17.7 Å². The average Bonchev–Trinajstić information content (AvgIpc) is 2.84. The van der Waals surface area contributed by atoms with Gasteiger partial charge in [0.2, 0.25) is 11.8 Å². The first kappa shape index (κ1) is 25.5. The molecule has 2 aliphatic rings. The number of piperazine rings is 1. The van der Waals surface area contributed by atoms with Crippen molar-refractivity contribution in [1.82, 2.24) is 15.1 Å². The van der Waals surface area contributed by atoms with Crippen LogP contribution < -0.4 is 10.1 Å². The first-order chi connectivity index (χ1) is 15.9. The number of carbonyl (C=O) groups excluding carboxylic acids is 2. The molecule has 3 rings (SSSR count). The number of likely N-dealkylation sites (tertiary alicyclic amines) is 1. The van der Waals surface area contributed by atoms with Crippen molar-refractivity contribution in [2.75, 3.05) is 26.7 Å². The number of aliphatic hydroxyl groups excluding tert-OH is 1. The molecular formula is C26H41N3O4. The molecule has 2 fully saturated rings. The summed E-state index contributed by atoms with van der Waals surface area (Å²) in [5, 5.41) is 13.9. The molecule has 184 valence electrons. The Balaban J connectivity index is 1.74. The topological polar surface area (TPSA) is 82.1 Å². The summed E-state index contributed by atoms with van der Waals surface area (Å²) in [4.78, 5) is 31.2. The van der Waals surface area contributed by atoms with Crippen molar-refractivity contribution in [3.63, 3.8) is 0 Å². The van der Waals surface area contributed by atoms with E-state index in [0.717, 1.165) is 51.1 Å². The summed E-state index contributed by atoms with van der Waals surface area (Å²) in [6, 6.07) is 7.22. The molecule has 0 radical (unpaired) electrons. The number of nitrogens with one attached hydrogen (secondary N) is 1. The molecule has 0 aliphatic carbocycles. The zero-order valence-electron chi connectivity index (χ0n) is 20.7. The zero-order chi connectivity index (χ0) is 24.0. The van der Waals surface area contributed by atoms with Gasteiger partial charge in [-0.15, -0.1) is 0 Å². The Morgan fingerprint density at radius 2 is 1.76 bits per heavy atom. The number of benzene rings is 1. The number of piperidine rings is 1. The lowest BCUT2D eigenvalue weighted by Gasteiger charge is -2.52. The third-order valence-corrected chi connectivity index (χ3v) is 7.62. The lowest BCUT2D eigenvalue weighted by molar-refractivity contribution is -0.165. The average molecular weight is 460 g/mol. The van der Waals surface area contributed by atoms with Crippen LogP contribution in [0.1, 0.15) is 64.9 Å². The lowest BCUT2D eigenvalue weighted by atomic mass is 9.79. The van der Waals surface area contributed by atoms with E-state index in [1.807, 2.05) is 30.9 Å². The smallest absolute Gasteiger partial charge is 0.248 e. The van der Waals surface area contributed by atoms with Crippen molar-refractivity contribution in [3.05, 3.63) is 29.8 Å². The summed E-state index contributed by atoms with van der Waals surface area (Å²) in [5.74, 6) is 0.612. The number of ether oxygens (including phenoxy) is 1. The van der Waals surface area contributed by atoms with Crippen LogP contribution >= 0.6 is 0 Å². The Labute approximate surface area is 198 Å². The Kier molecular flexibility index (Phi) is 8.76. The monoisotopic (exact) mass is 459 g/mol. The molecule has 0 unspecified atom stereocenters. The van der Waals surface area contributed by atoms with Crippen LogP contribution in [0.3, 0.4) is 0 Å². The van der Waals surface area contributed by atoms with E-state index in [1.165, 1.54) is 5.56 Å². The SMILES string of the molecule is CCCCN1C(=O)[C@@H]([C@H](O)C(CC)CC)NC(=O)C12CCN(Cc1ccc(OC)cc1)CC2. The summed E-state index contributed by atoms with van der Waals surface area (Å²) < 4.78 is 5.24. The number of hydrogen-bond donors (Lipinski definition) is 2. The number of rotatable bonds is 10. The highest BCUT2D eigenvalue weighted by molar-refractivity contribution is 6.00. The van der Waals surface area contributed by atoms with Gasteiger partial charge in [0.15, 0.2) is 0 Å². The molecule has 2 saturated heterocycles. The second-order valence-corrected chi connectivity index (χ2v) is 9.52. The Hall–Kier alpha value is -2.12. The molecule has 2 aliphatic heterocycles. The molecule has 33 heavy (non-hydrogen) atoms. The largest absolute Gasteiger partial charge is 0.497 e. The molecule has 1 aromatic rings. The van der Waals surface area contributed by atoms with Crippen LogP contribution in [0, 0.1) is 5.92 Å². The van der Waals surface area contributed by atoms with Gasteiger partial charge < -0.3 is 20.1 Å². The number of aliphatic hydroxyl groups is 1. The van der Waals surface area contributed by atoms with E-state index in [2.05, 4.69) is 29.3 Å². The van der Waals surface area contributed by atoms with E-state index in [4.69, 9.17) is 4.74 Å². The number of methoxy groups -OCH3 is 1. The molecule has 1 aromatic carbocycles. The minimum absolute atomic E-state index is 0.00679. The summed E-state index contributed by atoms with van der Waals surface area (Å²) in [6.45, 7) is 8.98. The number of unbranched alkanes of at least 4 members (excludes halogenated alkanes) is 1. The number of amides is 2. The second kappa shape index (κ2) is 11.3. The van der Waals surface area contributed by atoms with E-state index in [-0.39, 0.29) is 17.7 Å². The van der Waals surface area contributed by atoms with Gasteiger partial charge in [-0.25, -0.2) is 0 Å². The fourth-order valence-electron chi connectivity index (χ4n) is 5.32. The van der Waals surface area contributed by atoms with Crippen molar-refractivity contribution in [2.24, 2.45) is 5.92 Å².